The lowest BCUT2D eigenvalue weighted by atomic mass is 9.47. The Balaban J connectivity index is 1.79. The number of carbonyl (C=O) groups excluding carboxylic acids is 3. The molecule has 4 heteroatoms. The second-order valence-electron chi connectivity index (χ2n) is 10.1. The minimum absolute atomic E-state index is 0.0160. The zero-order valence-electron chi connectivity index (χ0n) is 17.8. The van der Waals surface area contributed by atoms with Crippen LogP contribution in [0.4, 0.5) is 0 Å². The van der Waals surface area contributed by atoms with Crippen molar-refractivity contribution in [2.45, 2.75) is 78.7 Å². The first kappa shape index (κ1) is 19.6. The number of ether oxygens (including phenoxy) is 1. The predicted molar refractivity (Wildman–Crippen MR) is 106 cm³/mol. The molecule has 0 amide bonds. The summed E-state index contributed by atoms with van der Waals surface area (Å²) in [6.07, 6.45) is 9.20. The monoisotopic (exact) mass is 384 g/mol. The Morgan fingerprint density at radius 2 is 1.75 bits per heavy atom. The molecule has 152 valence electrons. The van der Waals surface area contributed by atoms with E-state index in [2.05, 4.69) is 26.8 Å². The van der Waals surface area contributed by atoms with Crippen LogP contribution in [0.1, 0.15) is 73.1 Å². The summed E-state index contributed by atoms with van der Waals surface area (Å²) in [6.45, 7) is 9.63. The first-order valence-corrected chi connectivity index (χ1v) is 10.7. The molecule has 4 nitrogen and oxygen atoms in total. The van der Waals surface area contributed by atoms with E-state index in [4.69, 9.17) is 4.74 Å². The third-order valence-electron chi connectivity index (χ3n) is 8.84. The summed E-state index contributed by atoms with van der Waals surface area (Å²) >= 11 is 0. The summed E-state index contributed by atoms with van der Waals surface area (Å²) < 4.78 is 5.82. The van der Waals surface area contributed by atoms with Crippen LogP contribution in [0.15, 0.2) is 23.3 Å². The standard InChI is InChI=1S/C24H32O4/c1-14-12-18-19(22(4)9-6-17(27)13-21(14)22)7-10-23(5)20(18)8-11-24(23,15(2)25)28-16(3)26/h12-13,18-20H,6-11H2,1-5H3/t18-,19?,20?,22-,23+,24+/m1/s1. The fourth-order valence-electron chi connectivity index (χ4n) is 7.48. The van der Waals surface area contributed by atoms with Gasteiger partial charge in [-0.05, 0) is 80.8 Å². The molecule has 0 heterocycles. The van der Waals surface area contributed by atoms with E-state index in [0.717, 1.165) is 25.7 Å². The molecule has 2 saturated carbocycles. The topological polar surface area (TPSA) is 60.4 Å². The highest BCUT2D eigenvalue weighted by molar-refractivity contribution is 5.92. The van der Waals surface area contributed by atoms with Gasteiger partial charge in [0.05, 0.1) is 0 Å². The summed E-state index contributed by atoms with van der Waals surface area (Å²) in [5.74, 6) is 1.03. The molecule has 4 aliphatic rings. The Labute approximate surface area is 167 Å². The summed E-state index contributed by atoms with van der Waals surface area (Å²) in [6, 6.07) is 0. The average Bonchev–Trinajstić information content (AvgIpc) is 2.90. The van der Waals surface area contributed by atoms with Gasteiger partial charge < -0.3 is 4.74 Å². The zero-order chi connectivity index (χ0) is 20.5. The van der Waals surface area contributed by atoms with Gasteiger partial charge in [0.2, 0.25) is 0 Å². The van der Waals surface area contributed by atoms with Crippen LogP contribution >= 0.6 is 0 Å². The van der Waals surface area contributed by atoms with E-state index in [1.54, 1.807) is 6.92 Å². The smallest absolute Gasteiger partial charge is 0.303 e. The molecule has 0 spiro atoms. The molecule has 6 atom stereocenters. The largest absolute Gasteiger partial charge is 0.451 e. The third-order valence-corrected chi connectivity index (χ3v) is 8.84. The van der Waals surface area contributed by atoms with Gasteiger partial charge in [-0.15, -0.1) is 0 Å². The van der Waals surface area contributed by atoms with Gasteiger partial charge in [-0.3, -0.25) is 14.4 Å². The van der Waals surface area contributed by atoms with Crippen LogP contribution in [0.5, 0.6) is 0 Å². The van der Waals surface area contributed by atoms with Crippen molar-refractivity contribution in [3.63, 3.8) is 0 Å². The molecule has 0 saturated heterocycles. The Kier molecular flexibility index (Phi) is 4.30. The minimum atomic E-state index is -0.990. The number of Topliss-reactive ketones (excluding diaryl/α,β-unsaturated/α-hetero) is 1. The molecule has 0 bridgehead atoms. The first-order valence-electron chi connectivity index (χ1n) is 10.7. The van der Waals surface area contributed by atoms with Gasteiger partial charge in [-0.1, -0.05) is 25.5 Å². The van der Waals surface area contributed by atoms with Crippen molar-refractivity contribution in [3.05, 3.63) is 23.3 Å². The highest BCUT2D eigenvalue weighted by Crippen LogP contribution is 2.67. The fourth-order valence-corrected chi connectivity index (χ4v) is 7.48. The van der Waals surface area contributed by atoms with E-state index in [0.29, 0.717) is 30.6 Å². The molecular weight excluding hydrogens is 352 g/mol. The van der Waals surface area contributed by atoms with E-state index in [-0.39, 0.29) is 28.4 Å². The quantitative estimate of drug-likeness (QED) is 0.654. The maximum atomic E-state index is 12.8. The molecule has 0 radical (unpaired) electrons. The van der Waals surface area contributed by atoms with Crippen molar-refractivity contribution in [2.75, 3.05) is 0 Å². The number of allylic oxidation sites excluding steroid dienone is 4. The molecule has 4 aliphatic carbocycles. The average molecular weight is 385 g/mol. The highest BCUT2D eigenvalue weighted by atomic mass is 16.6. The molecule has 0 aromatic rings. The second kappa shape index (κ2) is 6.14. The summed E-state index contributed by atoms with van der Waals surface area (Å²) in [5.41, 5.74) is 1.15. The van der Waals surface area contributed by atoms with Gasteiger partial charge in [-0.25, -0.2) is 0 Å². The Morgan fingerprint density at radius 1 is 1.07 bits per heavy atom. The van der Waals surface area contributed by atoms with Gasteiger partial charge >= 0.3 is 5.97 Å². The summed E-state index contributed by atoms with van der Waals surface area (Å²) in [7, 11) is 0. The molecule has 0 aromatic carbocycles. The number of fused-ring (bicyclic) bond motifs is 5. The van der Waals surface area contributed by atoms with Crippen molar-refractivity contribution < 1.29 is 19.1 Å². The predicted octanol–water partition coefficient (Wildman–Crippen LogP) is 4.58. The number of hydrogen-bond donors (Lipinski definition) is 0. The van der Waals surface area contributed by atoms with Gasteiger partial charge in [0, 0.05) is 18.8 Å². The summed E-state index contributed by atoms with van der Waals surface area (Å²) in [5, 5.41) is 0. The highest BCUT2D eigenvalue weighted by Gasteiger charge is 2.67. The van der Waals surface area contributed by atoms with Crippen molar-refractivity contribution in [1.82, 2.24) is 0 Å². The molecule has 0 aromatic heterocycles. The van der Waals surface area contributed by atoms with Crippen molar-refractivity contribution in [1.29, 1.82) is 0 Å². The fraction of sp³-hybridized carbons (Fsp3) is 0.708. The van der Waals surface area contributed by atoms with Crippen LogP contribution in [-0.2, 0) is 19.1 Å². The number of ketones is 2. The molecule has 0 aliphatic heterocycles. The molecule has 2 unspecified atom stereocenters. The zero-order valence-corrected chi connectivity index (χ0v) is 17.8. The van der Waals surface area contributed by atoms with Crippen LogP contribution in [0, 0.1) is 28.6 Å². The molecule has 28 heavy (non-hydrogen) atoms. The van der Waals surface area contributed by atoms with Gasteiger partial charge in [0.25, 0.3) is 0 Å². The molecule has 0 N–H and O–H groups in total. The lowest BCUT2D eigenvalue weighted by molar-refractivity contribution is -0.185. The van der Waals surface area contributed by atoms with Crippen LogP contribution < -0.4 is 0 Å². The molecular formula is C24H32O4. The third kappa shape index (κ3) is 2.39. The van der Waals surface area contributed by atoms with Crippen LogP contribution in [0.2, 0.25) is 0 Å². The van der Waals surface area contributed by atoms with E-state index in [1.807, 2.05) is 6.08 Å². The Morgan fingerprint density at radius 3 is 2.39 bits per heavy atom. The van der Waals surface area contributed by atoms with Gasteiger partial charge in [0.15, 0.2) is 17.2 Å². The SMILES string of the molecule is CC(=O)O[C@]1(C(C)=O)CCC2[C@@H]3C=C(C)C4=CC(=O)CC[C@]4(C)C3CC[C@@]21C. The number of carbonyl (C=O) groups is 3. The summed E-state index contributed by atoms with van der Waals surface area (Å²) in [4.78, 5) is 36.8. The van der Waals surface area contributed by atoms with Crippen LogP contribution in [0.25, 0.3) is 0 Å². The lowest BCUT2D eigenvalue weighted by Crippen LogP contribution is -2.58. The van der Waals surface area contributed by atoms with Crippen molar-refractivity contribution in [3.8, 4) is 0 Å². The van der Waals surface area contributed by atoms with E-state index >= 15 is 0 Å². The van der Waals surface area contributed by atoms with E-state index in [9.17, 15) is 14.4 Å². The normalized spacial score (nSPS) is 44.6. The van der Waals surface area contributed by atoms with Gasteiger partial charge in [-0.2, -0.15) is 0 Å². The van der Waals surface area contributed by atoms with Gasteiger partial charge in [0.1, 0.15) is 0 Å². The Bertz CT molecular complexity index is 820. The van der Waals surface area contributed by atoms with Crippen LogP contribution in [0.3, 0.4) is 0 Å². The lowest BCUT2D eigenvalue weighted by Gasteiger charge is -2.58. The molecule has 4 rings (SSSR count). The second-order valence-corrected chi connectivity index (χ2v) is 10.1. The first-order chi connectivity index (χ1) is 13.0. The molecule has 2 fully saturated rings. The van der Waals surface area contributed by atoms with E-state index < -0.39 is 5.60 Å². The maximum absolute atomic E-state index is 12.8. The maximum Gasteiger partial charge on any atom is 0.303 e. The van der Waals surface area contributed by atoms with Crippen LogP contribution in [-0.4, -0.2) is 23.1 Å². The van der Waals surface area contributed by atoms with Crippen molar-refractivity contribution >= 4 is 17.5 Å². The number of hydrogen-bond acceptors (Lipinski definition) is 4. The number of esters is 1. The minimum Gasteiger partial charge on any atom is -0.451 e. The van der Waals surface area contributed by atoms with E-state index in [1.165, 1.54) is 18.1 Å². The van der Waals surface area contributed by atoms with Crippen molar-refractivity contribution in [2.24, 2.45) is 28.6 Å². The Hall–Kier alpha value is -1.71. The number of rotatable bonds is 2.